The van der Waals surface area contributed by atoms with Gasteiger partial charge in [0.2, 0.25) is 5.82 Å². The van der Waals surface area contributed by atoms with Gasteiger partial charge in [-0.1, -0.05) is 5.16 Å². The molecule has 1 aliphatic rings. The molecular weight excluding hydrogens is 285 g/mol. The average Bonchev–Trinajstić information content (AvgIpc) is 2.97. The van der Waals surface area contributed by atoms with E-state index in [4.69, 9.17) is 9.26 Å². The average molecular weight is 305 g/mol. The minimum absolute atomic E-state index is 0.186. The minimum Gasteiger partial charge on any atom is -0.367 e. The van der Waals surface area contributed by atoms with Gasteiger partial charge in [0, 0.05) is 24.7 Å². The molecule has 0 bridgehead atoms. The first-order chi connectivity index (χ1) is 10.5. The molecule has 2 heterocycles. The Morgan fingerprint density at radius 1 is 1.36 bits per heavy atom. The quantitative estimate of drug-likeness (QED) is 0.872. The minimum atomic E-state index is -0.274. The van der Waals surface area contributed by atoms with Crippen LogP contribution in [-0.4, -0.2) is 40.8 Å². The third kappa shape index (κ3) is 3.03. The van der Waals surface area contributed by atoms with Gasteiger partial charge in [-0.25, -0.2) is 4.39 Å². The van der Waals surface area contributed by atoms with Crippen molar-refractivity contribution in [1.29, 1.82) is 0 Å². The number of aromatic nitrogens is 2. The summed E-state index contributed by atoms with van der Waals surface area (Å²) in [4.78, 5) is 6.76. The third-order valence-corrected chi connectivity index (χ3v) is 3.98. The van der Waals surface area contributed by atoms with E-state index in [0.29, 0.717) is 24.4 Å². The van der Waals surface area contributed by atoms with E-state index in [1.807, 2.05) is 6.92 Å². The van der Waals surface area contributed by atoms with Crippen molar-refractivity contribution in [2.24, 2.45) is 0 Å². The van der Waals surface area contributed by atoms with Crippen molar-refractivity contribution >= 4 is 0 Å². The van der Waals surface area contributed by atoms with Crippen molar-refractivity contribution < 1.29 is 13.7 Å². The first-order valence-electron chi connectivity index (χ1n) is 7.50. The highest BCUT2D eigenvalue weighted by Crippen LogP contribution is 2.26. The molecule has 0 saturated carbocycles. The van der Waals surface area contributed by atoms with Crippen LogP contribution in [0.25, 0.3) is 11.5 Å². The monoisotopic (exact) mass is 305 g/mol. The van der Waals surface area contributed by atoms with Crippen LogP contribution in [0, 0.1) is 12.7 Å². The first kappa shape index (κ1) is 15.1. The molecule has 0 N–H and O–H groups in total. The lowest BCUT2D eigenvalue weighted by atomic mass is 10.1. The summed E-state index contributed by atoms with van der Waals surface area (Å²) in [5.41, 5.74) is 1.51. The van der Waals surface area contributed by atoms with Gasteiger partial charge in [0.05, 0.1) is 6.61 Å². The molecule has 1 unspecified atom stereocenters. The van der Waals surface area contributed by atoms with Crippen LogP contribution in [0.15, 0.2) is 22.7 Å². The fraction of sp³-hybridized carbons (Fsp3) is 0.500. The summed E-state index contributed by atoms with van der Waals surface area (Å²) in [5, 5.41) is 4.04. The third-order valence-electron chi connectivity index (χ3n) is 3.98. The van der Waals surface area contributed by atoms with E-state index >= 15 is 0 Å². The second-order valence-corrected chi connectivity index (χ2v) is 5.87. The van der Waals surface area contributed by atoms with E-state index in [2.05, 4.69) is 28.9 Å². The number of halogens is 1. The highest BCUT2D eigenvalue weighted by atomic mass is 19.1. The second-order valence-electron chi connectivity index (χ2n) is 5.87. The van der Waals surface area contributed by atoms with Gasteiger partial charge < -0.3 is 9.26 Å². The van der Waals surface area contributed by atoms with Crippen molar-refractivity contribution in [1.82, 2.24) is 15.0 Å². The molecule has 3 rings (SSSR count). The molecule has 22 heavy (non-hydrogen) atoms. The van der Waals surface area contributed by atoms with E-state index in [9.17, 15) is 4.39 Å². The Morgan fingerprint density at radius 3 is 2.91 bits per heavy atom. The number of benzene rings is 1. The number of ether oxygens (including phenoxy) is 1. The van der Waals surface area contributed by atoms with Gasteiger partial charge in [-0.15, -0.1) is 0 Å². The Balaban J connectivity index is 1.81. The van der Waals surface area contributed by atoms with Crippen LogP contribution >= 0.6 is 0 Å². The molecule has 0 aliphatic carbocycles. The Labute approximate surface area is 129 Å². The molecule has 1 aromatic carbocycles. The molecule has 1 atom stereocenters. The van der Waals surface area contributed by atoms with Crippen LogP contribution < -0.4 is 0 Å². The molecule has 2 aromatic rings. The van der Waals surface area contributed by atoms with Gasteiger partial charge in [-0.3, -0.25) is 4.90 Å². The number of hydrogen-bond acceptors (Lipinski definition) is 5. The lowest BCUT2D eigenvalue weighted by molar-refractivity contribution is -0.0450. The molecule has 0 amide bonds. The number of hydrogen-bond donors (Lipinski definition) is 0. The van der Waals surface area contributed by atoms with Crippen molar-refractivity contribution in [3.63, 3.8) is 0 Å². The van der Waals surface area contributed by atoms with Gasteiger partial charge >= 0.3 is 0 Å². The zero-order valence-corrected chi connectivity index (χ0v) is 13.0. The topological polar surface area (TPSA) is 51.4 Å². The van der Waals surface area contributed by atoms with Crippen LogP contribution in [-0.2, 0) is 4.74 Å². The summed E-state index contributed by atoms with van der Waals surface area (Å²) in [7, 11) is 0. The Kier molecular flexibility index (Phi) is 4.22. The number of morpholine rings is 1. The zero-order chi connectivity index (χ0) is 15.7. The largest absolute Gasteiger partial charge is 0.367 e. The number of nitrogens with zero attached hydrogens (tertiary/aromatic N) is 3. The fourth-order valence-corrected chi connectivity index (χ4v) is 2.64. The Morgan fingerprint density at radius 2 is 2.18 bits per heavy atom. The van der Waals surface area contributed by atoms with Gasteiger partial charge in [0.25, 0.3) is 5.89 Å². The van der Waals surface area contributed by atoms with Gasteiger partial charge in [0.1, 0.15) is 11.9 Å². The maximum atomic E-state index is 13.2. The summed E-state index contributed by atoms with van der Waals surface area (Å²) in [6, 6.07) is 4.96. The van der Waals surface area contributed by atoms with Crippen LogP contribution in [0.1, 0.15) is 31.3 Å². The summed E-state index contributed by atoms with van der Waals surface area (Å²) in [6.45, 7) is 8.45. The van der Waals surface area contributed by atoms with Crippen LogP contribution in [0.5, 0.6) is 0 Å². The smallest absolute Gasteiger partial charge is 0.258 e. The molecule has 1 fully saturated rings. The van der Waals surface area contributed by atoms with Crippen molar-refractivity contribution in [2.75, 3.05) is 19.7 Å². The lowest BCUT2D eigenvalue weighted by Crippen LogP contribution is -2.42. The zero-order valence-electron chi connectivity index (χ0n) is 13.0. The predicted octanol–water partition coefficient (Wildman–Crippen LogP) is 2.97. The standard InChI is InChI=1S/C16H20FN3O2/c1-10(2)20-6-7-21-14(9-20)15-18-16(22-19-15)13-5-4-12(17)8-11(13)3/h4-5,8,10,14H,6-7,9H2,1-3H3. The van der Waals surface area contributed by atoms with Crippen LogP contribution in [0.2, 0.25) is 0 Å². The Hall–Kier alpha value is -1.79. The molecular formula is C16H20FN3O2. The van der Waals surface area contributed by atoms with Gasteiger partial charge in [-0.2, -0.15) is 4.98 Å². The molecule has 6 heteroatoms. The summed E-state index contributed by atoms with van der Waals surface area (Å²) in [6.07, 6.45) is -0.186. The molecule has 0 spiro atoms. The summed E-state index contributed by atoms with van der Waals surface area (Å²) >= 11 is 0. The van der Waals surface area contributed by atoms with E-state index < -0.39 is 0 Å². The molecule has 118 valence electrons. The van der Waals surface area contributed by atoms with E-state index in [1.54, 1.807) is 6.07 Å². The summed E-state index contributed by atoms with van der Waals surface area (Å²) < 4.78 is 24.3. The van der Waals surface area contributed by atoms with Crippen LogP contribution in [0.4, 0.5) is 4.39 Å². The predicted molar refractivity (Wildman–Crippen MR) is 79.8 cm³/mol. The Bertz CT molecular complexity index is 657. The van der Waals surface area contributed by atoms with E-state index in [0.717, 1.165) is 24.2 Å². The van der Waals surface area contributed by atoms with Gasteiger partial charge in [-0.05, 0) is 44.5 Å². The normalized spacial score (nSPS) is 19.8. The second kappa shape index (κ2) is 6.14. The maximum absolute atomic E-state index is 13.2. The van der Waals surface area contributed by atoms with Crippen molar-refractivity contribution in [2.45, 2.75) is 32.9 Å². The fourth-order valence-electron chi connectivity index (χ4n) is 2.64. The lowest BCUT2D eigenvalue weighted by Gasteiger charge is -2.34. The van der Waals surface area contributed by atoms with Gasteiger partial charge in [0.15, 0.2) is 0 Å². The highest BCUT2D eigenvalue weighted by molar-refractivity contribution is 5.57. The molecule has 0 radical (unpaired) electrons. The molecule has 1 saturated heterocycles. The molecule has 1 aliphatic heterocycles. The number of aryl methyl sites for hydroxylation is 1. The highest BCUT2D eigenvalue weighted by Gasteiger charge is 2.27. The first-order valence-corrected chi connectivity index (χ1v) is 7.50. The SMILES string of the molecule is Cc1cc(F)ccc1-c1nc(C2CN(C(C)C)CCO2)no1. The van der Waals surface area contributed by atoms with Crippen molar-refractivity contribution in [3.8, 4) is 11.5 Å². The van der Waals surface area contributed by atoms with E-state index in [1.165, 1.54) is 12.1 Å². The number of rotatable bonds is 3. The van der Waals surface area contributed by atoms with Crippen molar-refractivity contribution in [3.05, 3.63) is 35.4 Å². The molecule has 1 aromatic heterocycles. The summed E-state index contributed by atoms with van der Waals surface area (Å²) in [5.74, 6) is 0.672. The van der Waals surface area contributed by atoms with Crippen LogP contribution in [0.3, 0.4) is 0 Å². The molecule has 5 nitrogen and oxygen atoms in total. The van der Waals surface area contributed by atoms with E-state index in [-0.39, 0.29) is 11.9 Å². The maximum Gasteiger partial charge on any atom is 0.258 e.